The van der Waals surface area contributed by atoms with Crippen LogP contribution in [0.3, 0.4) is 0 Å². The average molecular weight is 480 g/mol. The molecule has 2 rings (SSSR count). The molecule has 0 bridgehead atoms. The minimum Gasteiger partial charge on any atom is -0.493 e. The van der Waals surface area contributed by atoms with Crippen LogP contribution in [0.25, 0.3) is 0 Å². The van der Waals surface area contributed by atoms with E-state index in [2.05, 4.69) is 40.4 Å². The molecule has 0 radical (unpaired) electrons. The zero-order valence-electron chi connectivity index (χ0n) is 16.3. The van der Waals surface area contributed by atoms with Gasteiger partial charge in [0.05, 0.1) is 17.1 Å². The first-order valence-electron chi connectivity index (χ1n) is 8.97. The number of nitro benzene ring substituents is 1. The van der Waals surface area contributed by atoms with Gasteiger partial charge in [0.15, 0.2) is 5.11 Å². The van der Waals surface area contributed by atoms with Crippen LogP contribution in [0.15, 0.2) is 40.9 Å². The van der Waals surface area contributed by atoms with Crippen molar-refractivity contribution in [2.45, 2.75) is 27.2 Å². The zero-order chi connectivity index (χ0) is 21.6. The van der Waals surface area contributed by atoms with Crippen molar-refractivity contribution in [1.82, 2.24) is 5.32 Å². The molecule has 0 saturated heterocycles. The molecule has 2 N–H and O–H groups in total. The summed E-state index contributed by atoms with van der Waals surface area (Å²) in [6, 6.07) is 9.55. The number of anilines is 1. The highest BCUT2D eigenvalue weighted by Gasteiger charge is 2.16. The van der Waals surface area contributed by atoms with Gasteiger partial charge in [-0.2, -0.15) is 0 Å². The van der Waals surface area contributed by atoms with Crippen LogP contribution in [0.1, 0.15) is 36.2 Å². The maximum atomic E-state index is 12.7. The van der Waals surface area contributed by atoms with Crippen molar-refractivity contribution in [2.75, 3.05) is 11.9 Å². The van der Waals surface area contributed by atoms with Crippen LogP contribution in [0.2, 0.25) is 0 Å². The minimum atomic E-state index is -0.467. The van der Waals surface area contributed by atoms with Crippen molar-refractivity contribution in [1.29, 1.82) is 0 Å². The smallest absolute Gasteiger partial charge is 0.269 e. The molecule has 2 aromatic carbocycles. The second-order valence-electron chi connectivity index (χ2n) is 6.84. The molecule has 0 fully saturated rings. The summed E-state index contributed by atoms with van der Waals surface area (Å²) < 4.78 is 6.51. The molecule has 0 unspecified atom stereocenters. The van der Waals surface area contributed by atoms with Crippen molar-refractivity contribution in [3.8, 4) is 5.75 Å². The number of halogens is 1. The van der Waals surface area contributed by atoms with E-state index in [1.807, 2.05) is 0 Å². The zero-order valence-corrected chi connectivity index (χ0v) is 18.7. The number of hydrogen-bond donors (Lipinski definition) is 2. The monoisotopic (exact) mass is 479 g/mol. The number of ether oxygens (including phenoxy) is 1. The summed E-state index contributed by atoms with van der Waals surface area (Å²) >= 11 is 8.59. The fourth-order valence-corrected chi connectivity index (χ4v) is 3.00. The van der Waals surface area contributed by atoms with E-state index in [0.29, 0.717) is 35.1 Å². The number of nitrogens with one attached hydrogen (secondary N) is 2. The van der Waals surface area contributed by atoms with Crippen LogP contribution < -0.4 is 15.4 Å². The van der Waals surface area contributed by atoms with Gasteiger partial charge in [0.25, 0.3) is 11.6 Å². The molecule has 0 atom stereocenters. The number of carbonyl (C=O) groups excluding carboxylic acids is 1. The number of rotatable bonds is 7. The van der Waals surface area contributed by atoms with E-state index in [0.717, 1.165) is 10.9 Å². The molecule has 0 aliphatic heterocycles. The largest absolute Gasteiger partial charge is 0.493 e. The second kappa shape index (κ2) is 10.3. The normalized spacial score (nSPS) is 10.5. The Morgan fingerprint density at radius 1 is 1.28 bits per heavy atom. The number of amides is 1. The number of nitrogens with zero attached hydrogens (tertiary/aromatic N) is 1. The summed E-state index contributed by atoms with van der Waals surface area (Å²) in [5, 5.41) is 16.4. The molecular formula is C20H22BrN3O4S. The first-order chi connectivity index (χ1) is 13.7. The molecule has 0 spiro atoms. The number of nitro groups is 1. The van der Waals surface area contributed by atoms with E-state index in [1.165, 1.54) is 12.1 Å². The third kappa shape index (κ3) is 6.79. The standard InChI is InChI=1S/C20H22BrN3O4S/c1-12(2)8-9-28-18-7-4-14(21)11-16(18)19(25)23-20(29)22-17-6-5-15(24(26)27)10-13(17)3/h4-7,10-12H,8-9H2,1-3H3,(H2,22,23,25,29). The summed E-state index contributed by atoms with van der Waals surface area (Å²) in [4.78, 5) is 23.1. The Morgan fingerprint density at radius 3 is 2.62 bits per heavy atom. The molecule has 2 aromatic rings. The summed E-state index contributed by atoms with van der Waals surface area (Å²) in [6.07, 6.45) is 0.872. The van der Waals surface area contributed by atoms with Crippen molar-refractivity contribution in [3.63, 3.8) is 0 Å². The van der Waals surface area contributed by atoms with E-state index in [1.54, 1.807) is 31.2 Å². The topological polar surface area (TPSA) is 93.5 Å². The Bertz CT molecular complexity index is 934. The van der Waals surface area contributed by atoms with Gasteiger partial charge in [0.2, 0.25) is 0 Å². The summed E-state index contributed by atoms with van der Waals surface area (Å²) in [7, 11) is 0. The van der Waals surface area contributed by atoms with Crippen LogP contribution in [0, 0.1) is 23.0 Å². The lowest BCUT2D eigenvalue weighted by Crippen LogP contribution is -2.34. The van der Waals surface area contributed by atoms with Crippen LogP contribution in [-0.4, -0.2) is 22.5 Å². The first-order valence-corrected chi connectivity index (χ1v) is 10.2. The number of hydrogen-bond acceptors (Lipinski definition) is 5. The van der Waals surface area contributed by atoms with Gasteiger partial charge in [-0.1, -0.05) is 29.8 Å². The molecule has 154 valence electrons. The van der Waals surface area contributed by atoms with Crippen LogP contribution in [0.4, 0.5) is 11.4 Å². The van der Waals surface area contributed by atoms with Crippen molar-refractivity contribution in [2.24, 2.45) is 5.92 Å². The van der Waals surface area contributed by atoms with E-state index in [4.69, 9.17) is 17.0 Å². The van der Waals surface area contributed by atoms with Crippen LogP contribution >= 0.6 is 28.1 Å². The molecule has 29 heavy (non-hydrogen) atoms. The number of non-ortho nitro benzene ring substituents is 1. The van der Waals surface area contributed by atoms with Gasteiger partial charge in [-0.3, -0.25) is 20.2 Å². The van der Waals surface area contributed by atoms with Gasteiger partial charge < -0.3 is 10.1 Å². The lowest BCUT2D eigenvalue weighted by atomic mass is 10.1. The Labute approximate surface area is 183 Å². The van der Waals surface area contributed by atoms with Gasteiger partial charge in [-0.05, 0) is 61.3 Å². The van der Waals surface area contributed by atoms with E-state index >= 15 is 0 Å². The van der Waals surface area contributed by atoms with E-state index in [-0.39, 0.29) is 10.8 Å². The summed E-state index contributed by atoms with van der Waals surface area (Å²) in [5.41, 5.74) is 1.55. The average Bonchev–Trinajstić information content (AvgIpc) is 2.64. The minimum absolute atomic E-state index is 0.0136. The van der Waals surface area contributed by atoms with Crippen molar-refractivity contribution < 1.29 is 14.5 Å². The molecule has 0 aliphatic rings. The van der Waals surface area contributed by atoms with Gasteiger partial charge in [0, 0.05) is 22.3 Å². The predicted molar refractivity (Wildman–Crippen MR) is 121 cm³/mol. The summed E-state index contributed by atoms with van der Waals surface area (Å²) in [5.74, 6) is 0.549. The molecular weight excluding hydrogens is 458 g/mol. The van der Waals surface area contributed by atoms with Gasteiger partial charge in [-0.25, -0.2) is 0 Å². The third-order valence-electron chi connectivity index (χ3n) is 4.04. The molecule has 7 nitrogen and oxygen atoms in total. The highest BCUT2D eigenvalue weighted by Crippen LogP contribution is 2.24. The highest BCUT2D eigenvalue weighted by atomic mass is 79.9. The fraction of sp³-hybridized carbons (Fsp3) is 0.300. The Morgan fingerprint density at radius 2 is 2.00 bits per heavy atom. The number of thiocarbonyl (C=S) groups is 1. The van der Waals surface area contributed by atoms with E-state index < -0.39 is 10.8 Å². The van der Waals surface area contributed by atoms with Crippen molar-refractivity contribution in [3.05, 3.63) is 62.1 Å². The molecule has 0 aliphatic carbocycles. The maximum Gasteiger partial charge on any atom is 0.269 e. The van der Waals surface area contributed by atoms with Crippen LogP contribution in [-0.2, 0) is 0 Å². The van der Waals surface area contributed by atoms with Gasteiger partial charge in [-0.15, -0.1) is 0 Å². The Balaban J connectivity index is 2.08. The second-order valence-corrected chi connectivity index (χ2v) is 8.16. The predicted octanol–water partition coefficient (Wildman–Crippen LogP) is 5.22. The third-order valence-corrected chi connectivity index (χ3v) is 4.73. The molecule has 0 heterocycles. The lowest BCUT2D eigenvalue weighted by molar-refractivity contribution is -0.384. The number of carbonyl (C=O) groups is 1. The van der Waals surface area contributed by atoms with Gasteiger partial charge in [0.1, 0.15) is 5.75 Å². The molecule has 0 saturated carbocycles. The quantitative estimate of drug-likeness (QED) is 0.321. The molecule has 0 aromatic heterocycles. The lowest BCUT2D eigenvalue weighted by Gasteiger charge is -2.15. The van der Waals surface area contributed by atoms with E-state index in [9.17, 15) is 14.9 Å². The fourth-order valence-electron chi connectivity index (χ4n) is 2.44. The maximum absolute atomic E-state index is 12.7. The van der Waals surface area contributed by atoms with Crippen molar-refractivity contribution >= 4 is 50.5 Å². The van der Waals surface area contributed by atoms with Crippen LogP contribution in [0.5, 0.6) is 5.75 Å². The number of aryl methyl sites for hydroxylation is 1. The Kier molecular flexibility index (Phi) is 8.10. The molecule has 1 amide bonds. The SMILES string of the molecule is Cc1cc([N+](=O)[O-])ccc1NC(=S)NC(=O)c1cc(Br)ccc1OCCC(C)C. The first kappa shape index (κ1) is 22.8. The summed E-state index contributed by atoms with van der Waals surface area (Å²) in [6.45, 7) is 6.42. The highest BCUT2D eigenvalue weighted by molar-refractivity contribution is 9.10. The number of benzene rings is 2. The molecule has 9 heteroatoms. The Hall–Kier alpha value is -2.52. The van der Waals surface area contributed by atoms with Gasteiger partial charge >= 0.3 is 0 Å².